The lowest BCUT2D eigenvalue weighted by Crippen LogP contribution is -2.47. The number of ether oxygens (including phenoxy) is 1. The van der Waals surface area contributed by atoms with Crippen LogP contribution in [-0.2, 0) is 20.9 Å². The summed E-state index contributed by atoms with van der Waals surface area (Å²) in [5, 5.41) is 0. The zero-order chi connectivity index (χ0) is 15.1. The van der Waals surface area contributed by atoms with Crippen molar-refractivity contribution in [3.8, 4) is 0 Å². The maximum Gasteiger partial charge on any atom is 0.332 e. The molecule has 1 amide bonds. The van der Waals surface area contributed by atoms with Crippen molar-refractivity contribution < 1.29 is 14.3 Å². The summed E-state index contributed by atoms with van der Waals surface area (Å²) in [6, 6.07) is 6.62. The molecule has 0 saturated carbocycles. The van der Waals surface area contributed by atoms with Gasteiger partial charge in [0.05, 0.1) is 6.61 Å². The van der Waals surface area contributed by atoms with Crippen molar-refractivity contribution in [2.75, 3.05) is 19.9 Å². The fourth-order valence-electron chi connectivity index (χ4n) is 1.65. The van der Waals surface area contributed by atoms with Crippen molar-refractivity contribution >= 4 is 23.6 Å². The third kappa shape index (κ3) is 4.54. The molecule has 1 rings (SSSR count). The highest BCUT2D eigenvalue weighted by Gasteiger charge is 2.26. The van der Waals surface area contributed by atoms with E-state index in [9.17, 15) is 9.59 Å². The molecule has 0 aromatic heterocycles. The number of esters is 1. The first kappa shape index (κ1) is 16.5. The number of nitrogens with zero attached hydrogens (tertiary/aromatic N) is 1. The van der Waals surface area contributed by atoms with Crippen molar-refractivity contribution in [3.05, 3.63) is 29.8 Å². The Kier molecular flexibility index (Phi) is 6.54. The molecule has 2 N–H and O–H groups in total. The maximum absolute atomic E-state index is 12.0. The van der Waals surface area contributed by atoms with Crippen molar-refractivity contribution in [1.82, 2.24) is 4.90 Å². The lowest BCUT2D eigenvalue weighted by molar-refractivity contribution is -0.150. The Labute approximate surface area is 123 Å². The van der Waals surface area contributed by atoms with Crippen LogP contribution in [-0.4, -0.2) is 42.7 Å². The standard InChI is InChI=1S/C14H20N2O3S/c1-4-19-14(18)12(15)13(17)16(2)9-10-5-7-11(20-3)8-6-10/h5-8,12H,4,9,15H2,1-3H3. The highest BCUT2D eigenvalue weighted by Crippen LogP contribution is 2.15. The highest BCUT2D eigenvalue weighted by molar-refractivity contribution is 7.98. The van der Waals surface area contributed by atoms with E-state index in [2.05, 4.69) is 0 Å². The minimum Gasteiger partial charge on any atom is -0.464 e. The summed E-state index contributed by atoms with van der Waals surface area (Å²) in [7, 11) is 1.61. The number of likely N-dealkylation sites (N-methyl/N-ethyl adjacent to an activating group) is 1. The fourth-order valence-corrected chi connectivity index (χ4v) is 2.06. The number of benzene rings is 1. The topological polar surface area (TPSA) is 72.6 Å². The molecule has 0 radical (unpaired) electrons. The number of carbonyl (C=O) groups excluding carboxylic acids is 2. The minimum absolute atomic E-state index is 0.208. The second kappa shape index (κ2) is 7.91. The Bertz CT molecular complexity index is 462. The van der Waals surface area contributed by atoms with Gasteiger partial charge in [-0.25, -0.2) is 4.79 Å². The number of carbonyl (C=O) groups is 2. The second-order valence-corrected chi connectivity index (χ2v) is 5.15. The van der Waals surface area contributed by atoms with Crippen LogP contribution in [0.5, 0.6) is 0 Å². The molecule has 110 valence electrons. The lowest BCUT2D eigenvalue weighted by Gasteiger charge is -2.20. The second-order valence-electron chi connectivity index (χ2n) is 4.27. The Morgan fingerprint density at radius 3 is 2.45 bits per heavy atom. The molecule has 1 aromatic carbocycles. The summed E-state index contributed by atoms with van der Waals surface area (Å²) in [6.45, 7) is 2.28. The van der Waals surface area contributed by atoms with Gasteiger partial charge in [-0.15, -0.1) is 11.8 Å². The molecule has 0 fully saturated rings. The number of hydrogen-bond donors (Lipinski definition) is 1. The number of rotatable bonds is 6. The van der Waals surface area contributed by atoms with E-state index in [1.54, 1.807) is 25.7 Å². The number of amides is 1. The average molecular weight is 296 g/mol. The van der Waals surface area contributed by atoms with Crippen LogP contribution >= 0.6 is 11.8 Å². The maximum atomic E-state index is 12.0. The SMILES string of the molecule is CCOC(=O)C(N)C(=O)N(C)Cc1ccc(SC)cc1. The molecule has 5 nitrogen and oxygen atoms in total. The molecule has 0 aliphatic carbocycles. The van der Waals surface area contributed by atoms with Crippen molar-refractivity contribution in [2.45, 2.75) is 24.4 Å². The number of nitrogens with two attached hydrogens (primary N) is 1. The van der Waals surface area contributed by atoms with Gasteiger partial charge >= 0.3 is 5.97 Å². The molecule has 1 aromatic rings. The largest absolute Gasteiger partial charge is 0.464 e. The predicted molar refractivity (Wildman–Crippen MR) is 79.3 cm³/mol. The van der Waals surface area contributed by atoms with E-state index >= 15 is 0 Å². The van der Waals surface area contributed by atoms with Crippen LogP contribution in [0.25, 0.3) is 0 Å². The van der Waals surface area contributed by atoms with Crippen LogP contribution in [0.15, 0.2) is 29.2 Å². The van der Waals surface area contributed by atoms with Gasteiger partial charge in [0.15, 0.2) is 6.04 Å². The zero-order valence-electron chi connectivity index (χ0n) is 12.0. The minimum atomic E-state index is -1.26. The Balaban J connectivity index is 2.62. The summed E-state index contributed by atoms with van der Waals surface area (Å²) in [5.74, 6) is -1.14. The quantitative estimate of drug-likeness (QED) is 0.486. The van der Waals surface area contributed by atoms with Gasteiger partial charge in [-0.1, -0.05) is 12.1 Å². The van der Waals surface area contributed by atoms with Gasteiger partial charge in [0.2, 0.25) is 0 Å². The summed E-state index contributed by atoms with van der Waals surface area (Å²) >= 11 is 1.66. The van der Waals surface area contributed by atoms with E-state index in [0.29, 0.717) is 6.54 Å². The molecule has 0 spiro atoms. The predicted octanol–water partition coefficient (Wildman–Crippen LogP) is 1.26. The summed E-state index contributed by atoms with van der Waals surface area (Å²) in [6.07, 6.45) is 2.00. The number of thioether (sulfide) groups is 1. The summed E-state index contributed by atoms with van der Waals surface area (Å²) in [4.78, 5) is 26.0. The number of hydrogen-bond acceptors (Lipinski definition) is 5. The molecule has 1 unspecified atom stereocenters. The lowest BCUT2D eigenvalue weighted by atomic mass is 10.2. The molecule has 0 bridgehead atoms. The molecule has 1 atom stereocenters. The first-order chi connectivity index (χ1) is 9.49. The van der Waals surface area contributed by atoms with Crippen molar-refractivity contribution in [3.63, 3.8) is 0 Å². The van der Waals surface area contributed by atoms with Crippen LogP contribution < -0.4 is 5.73 Å². The van der Waals surface area contributed by atoms with Crippen molar-refractivity contribution in [2.24, 2.45) is 5.73 Å². The molecule has 20 heavy (non-hydrogen) atoms. The molecule has 0 aliphatic rings. The molecular formula is C14H20N2O3S. The van der Waals surface area contributed by atoms with Gasteiger partial charge in [0.25, 0.3) is 5.91 Å². The molecule has 0 heterocycles. The molecule has 0 saturated heterocycles. The normalized spacial score (nSPS) is 11.8. The first-order valence-electron chi connectivity index (χ1n) is 6.29. The monoisotopic (exact) mass is 296 g/mol. The van der Waals surface area contributed by atoms with E-state index in [4.69, 9.17) is 10.5 Å². The first-order valence-corrected chi connectivity index (χ1v) is 7.52. The van der Waals surface area contributed by atoms with E-state index in [1.165, 1.54) is 4.90 Å². The van der Waals surface area contributed by atoms with Gasteiger partial charge < -0.3 is 15.4 Å². The molecular weight excluding hydrogens is 276 g/mol. The van der Waals surface area contributed by atoms with E-state index in [-0.39, 0.29) is 6.61 Å². The van der Waals surface area contributed by atoms with Gasteiger partial charge in [-0.05, 0) is 30.9 Å². The van der Waals surface area contributed by atoms with Crippen LogP contribution in [0.4, 0.5) is 0 Å². The van der Waals surface area contributed by atoms with E-state index < -0.39 is 17.9 Å². The van der Waals surface area contributed by atoms with Gasteiger partial charge in [0, 0.05) is 18.5 Å². The Morgan fingerprint density at radius 2 is 1.95 bits per heavy atom. The van der Waals surface area contributed by atoms with Crippen LogP contribution in [0, 0.1) is 0 Å². The smallest absolute Gasteiger partial charge is 0.332 e. The third-order valence-corrected chi connectivity index (χ3v) is 3.51. The Hall–Kier alpha value is -1.53. The van der Waals surface area contributed by atoms with Crippen LogP contribution in [0.3, 0.4) is 0 Å². The molecule has 6 heteroatoms. The molecule has 0 aliphatic heterocycles. The van der Waals surface area contributed by atoms with Crippen LogP contribution in [0.2, 0.25) is 0 Å². The Morgan fingerprint density at radius 1 is 1.35 bits per heavy atom. The van der Waals surface area contributed by atoms with E-state index in [0.717, 1.165) is 10.5 Å². The zero-order valence-corrected chi connectivity index (χ0v) is 12.8. The fraction of sp³-hybridized carbons (Fsp3) is 0.429. The summed E-state index contributed by atoms with van der Waals surface area (Å²) < 4.78 is 4.74. The van der Waals surface area contributed by atoms with Crippen LogP contribution in [0.1, 0.15) is 12.5 Å². The van der Waals surface area contributed by atoms with Gasteiger partial charge in [0.1, 0.15) is 0 Å². The van der Waals surface area contributed by atoms with Gasteiger partial charge in [-0.2, -0.15) is 0 Å². The van der Waals surface area contributed by atoms with E-state index in [1.807, 2.05) is 30.5 Å². The highest BCUT2D eigenvalue weighted by atomic mass is 32.2. The summed E-state index contributed by atoms with van der Waals surface area (Å²) in [5.41, 5.74) is 6.56. The third-order valence-electron chi connectivity index (χ3n) is 2.76. The van der Waals surface area contributed by atoms with Gasteiger partial charge in [-0.3, -0.25) is 4.79 Å². The van der Waals surface area contributed by atoms with Crippen molar-refractivity contribution in [1.29, 1.82) is 0 Å². The average Bonchev–Trinajstić information content (AvgIpc) is 2.46.